The highest BCUT2D eigenvalue weighted by atomic mass is 32.1. The summed E-state index contributed by atoms with van der Waals surface area (Å²) in [6.45, 7) is 0.628. The van der Waals surface area contributed by atoms with Gasteiger partial charge in [0.15, 0.2) is 0 Å². The average molecular weight is 486 g/mol. The van der Waals surface area contributed by atoms with Crippen LogP contribution in [0.15, 0.2) is 66.0 Å². The predicted octanol–water partition coefficient (Wildman–Crippen LogP) is 6.67. The average Bonchev–Trinajstić information content (AvgIpc) is 3.54. The zero-order chi connectivity index (χ0) is 23.5. The number of hydrogen-bond donors (Lipinski definition) is 1. The van der Waals surface area contributed by atoms with E-state index in [-0.39, 0.29) is 11.9 Å². The van der Waals surface area contributed by atoms with E-state index in [2.05, 4.69) is 39.9 Å². The number of carbonyl (C=O) groups excluding carboxylic acids is 1. The molecule has 172 valence electrons. The molecule has 1 amide bonds. The molecule has 2 heterocycles. The lowest BCUT2D eigenvalue weighted by molar-refractivity contribution is 0.0609. The van der Waals surface area contributed by atoms with Crippen molar-refractivity contribution in [3.05, 3.63) is 81.4 Å². The minimum atomic E-state index is 0.141. The minimum absolute atomic E-state index is 0.141. The van der Waals surface area contributed by atoms with E-state index in [9.17, 15) is 4.79 Å². The van der Waals surface area contributed by atoms with Gasteiger partial charge >= 0.3 is 0 Å². The maximum atomic E-state index is 13.8. The second-order valence-corrected chi connectivity index (χ2v) is 10.9. The Morgan fingerprint density at radius 1 is 1.06 bits per heavy atom. The Labute approximate surface area is 208 Å². The van der Waals surface area contributed by atoms with Gasteiger partial charge in [-0.2, -0.15) is 5.26 Å². The Hall–Kier alpha value is -2.98. The first-order valence-electron chi connectivity index (χ1n) is 11.7. The van der Waals surface area contributed by atoms with Crippen LogP contribution in [0.4, 0.5) is 0 Å². The van der Waals surface area contributed by atoms with Gasteiger partial charge < -0.3 is 10.2 Å². The maximum Gasteiger partial charge on any atom is 0.264 e. The number of carbonyl (C=O) groups is 1. The molecule has 4 nitrogen and oxygen atoms in total. The molecule has 1 aliphatic carbocycles. The van der Waals surface area contributed by atoms with Crippen molar-refractivity contribution in [2.45, 2.75) is 44.3 Å². The number of rotatable bonds is 6. The molecule has 0 unspecified atom stereocenters. The molecule has 0 saturated heterocycles. The van der Waals surface area contributed by atoms with Gasteiger partial charge in [-0.1, -0.05) is 30.3 Å². The molecule has 1 saturated carbocycles. The molecule has 0 radical (unpaired) electrons. The molecule has 34 heavy (non-hydrogen) atoms. The highest BCUT2D eigenvalue weighted by Gasteiger charge is 2.30. The summed E-state index contributed by atoms with van der Waals surface area (Å²) in [4.78, 5) is 17.9. The lowest BCUT2D eigenvalue weighted by Crippen LogP contribution is -2.44. The van der Waals surface area contributed by atoms with Gasteiger partial charge in [0.25, 0.3) is 5.91 Å². The van der Waals surface area contributed by atoms with E-state index in [0.717, 1.165) is 51.8 Å². The molecule has 2 aromatic heterocycles. The number of nitriles is 1. The zero-order valence-electron chi connectivity index (χ0n) is 19.2. The van der Waals surface area contributed by atoms with Gasteiger partial charge in [-0.15, -0.1) is 22.7 Å². The fraction of sp³-hybridized carbons (Fsp3) is 0.286. The largest absolute Gasteiger partial charge is 0.330 e. The van der Waals surface area contributed by atoms with Gasteiger partial charge in [-0.05, 0) is 85.0 Å². The molecule has 5 rings (SSSR count). The SMILES string of the molecule is CNC1CCC(N(Cc2cc(-c3ccc(C#N)cc3)cs2)C(=O)c2cc3ccccc3s2)CC1. The standard InChI is InChI=1S/C28H27N3OS2/c1-30-23-10-12-24(13-11-23)31(28(32)27-15-21-4-2-3-5-26(21)34-27)17-25-14-22(18-33-25)20-8-6-19(16-29)7-9-20/h2-9,14-15,18,23-24,30H,10-13,17H2,1H3. The van der Waals surface area contributed by atoms with Crippen molar-refractivity contribution in [2.75, 3.05) is 7.05 Å². The Morgan fingerprint density at radius 3 is 2.53 bits per heavy atom. The third-order valence-electron chi connectivity index (χ3n) is 6.77. The van der Waals surface area contributed by atoms with E-state index >= 15 is 0 Å². The molecule has 2 aromatic carbocycles. The van der Waals surface area contributed by atoms with Gasteiger partial charge in [0.1, 0.15) is 0 Å². The maximum absolute atomic E-state index is 13.8. The second kappa shape index (κ2) is 10.1. The van der Waals surface area contributed by atoms with E-state index < -0.39 is 0 Å². The lowest BCUT2D eigenvalue weighted by atomic mass is 9.90. The number of thiophene rings is 2. The summed E-state index contributed by atoms with van der Waals surface area (Å²) < 4.78 is 1.16. The minimum Gasteiger partial charge on any atom is -0.330 e. The number of amides is 1. The van der Waals surface area contributed by atoms with Crippen LogP contribution in [-0.2, 0) is 6.54 Å². The highest BCUT2D eigenvalue weighted by molar-refractivity contribution is 7.20. The fourth-order valence-electron chi connectivity index (χ4n) is 4.79. The number of nitrogens with one attached hydrogen (secondary N) is 1. The van der Waals surface area contributed by atoms with Crippen LogP contribution in [0.1, 0.15) is 45.8 Å². The van der Waals surface area contributed by atoms with Crippen LogP contribution in [0.2, 0.25) is 0 Å². The molecule has 0 atom stereocenters. The normalized spacial score (nSPS) is 18.0. The van der Waals surface area contributed by atoms with Crippen LogP contribution in [0, 0.1) is 11.3 Å². The van der Waals surface area contributed by atoms with Gasteiger partial charge in [0.05, 0.1) is 23.1 Å². The first kappa shape index (κ1) is 22.8. The third kappa shape index (κ3) is 4.78. The van der Waals surface area contributed by atoms with Crippen LogP contribution >= 0.6 is 22.7 Å². The summed E-state index contributed by atoms with van der Waals surface area (Å²) >= 11 is 3.29. The topological polar surface area (TPSA) is 56.1 Å². The Bertz CT molecular complexity index is 1290. The molecule has 1 aliphatic rings. The van der Waals surface area contributed by atoms with E-state index in [4.69, 9.17) is 5.26 Å². The van der Waals surface area contributed by atoms with Crippen molar-refractivity contribution in [3.8, 4) is 17.2 Å². The summed E-state index contributed by atoms with van der Waals surface area (Å²) in [7, 11) is 2.03. The number of fused-ring (bicyclic) bond motifs is 1. The van der Waals surface area contributed by atoms with E-state index in [1.165, 1.54) is 4.88 Å². The van der Waals surface area contributed by atoms with Crippen molar-refractivity contribution in [2.24, 2.45) is 0 Å². The summed E-state index contributed by atoms with van der Waals surface area (Å²) in [6, 6.07) is 23.1. The molecule has 6 heteroatoms. The molecular weight excluding hydrogens is 458 g/mol. The van der Waals surface area contributed by atoms with E-state index in [0.29, 0.717) is 18.2 Å². The Kier molecular flexibility index (Phi) is 6.77. The lowest BCUT2D eigenvalue weighted by Gasteiger charge is -2.36. The van der Waals surface area contributed by atoms with Gasteiger partial charge in [-0.25, -0.2) is 0 Å². The highest BCUT2D eigenvalue weighted by Crippen LogP contribution is 2.33. The summed E-state index contributed by atoms with van der Waals surface area (Å²) in [5.41, 5.74) is 2.90. The van der Waals surface area contributed by atoms with Crippen LogP contribution in [0.3, 0.4) is 0 Å². The number of hydrogen-bond acceptors (Lipinski definition) is 5. The molecule has 1 N–H and O–H groups in total. The third-order valence-corrected chi connectivity index (χ3v) is 8.80. The monoisotopic (exact) mass is 485 g/mol. The summed E-state index contributed by atoms with van der Waals surface area (Å²) in [5.74, 6) is 0.141. The summed E-state index contributed by atoms with van der Waals surface area (Å²) in [6.07, 6.45) is 4.24. The van der Waals surface area contributed by atoms with E-state index in [1.807, 2.05) is 49.5 Å². The van der Waals surface area contributed by atoms with Gasteiger partial charge in [-0.3, -0.25) is 4.79 Å². The zero-order valence-corrected chi connectivity index (χ0v) is 20.8. The van der Waals surface area contributed by atoms with Crippen LogP contribution in [0.25, 0.3) is 21.2 Å². The molecule has 4 aromatic rings. The van der Waals surface area contributed by atoms with Crippen LogP contribution in [-0.4, -0.2) is 29.9 Å². The van der Waals surface area contributed by atoms with Crippen molar-refractivity contribution in [1.29, 1.82) is 5.26 Å². The molecule has 0 bridgehead atoms. The fourth-order valence-corrected chi connectivity index (χ4v) is 6.70. The van der Waals surface area contributed by atoms with Crippen molar-refractivity contribution in [1.82, 2.24) is 10.2 Å². The van der Waals surface area contributed by atoms with Gasteiger partial charge in [0, 0.05) is 21.7 Å². The molecule has 0 aliphatic heterocycles. The molecule has 1 fully saturated rings. The van der Waals surface area contributed by atoms with Crippen LogP contribution < -0.4 is 5.32 Å². The predicted molar refractivity (Wildman–Crippen MR) is 141 cm³/mol. The molecule has 0 spiro atoms. The van der Waals surface area contributed by atoms with Crippen molar-refractivity contribution < 1.29 is 4.79 Å². The Morgan fingerprint density at radius 2 is 1.82 bits per heavy atom. The first-order valence-corrected chi connectivity index (χ1v) is 13.4. The van der Waals surface area contributed by atoms with E-state index in [1.54, 1.807) is 22.7 Å². The number of nitrogens with zero attached hydrogens (tertiary/aromatic N) is 2. The molecular formula is C28H27N3OS2. The Balaban J connectivity index is 1.41. The second-order valence-electron chi connectivity index (χ2n) is 8.87. The van der Waals surface area contributed by atoms with Crippen LogP contribution in [0.5, 0.6) is 0 Å². The number of benzene rings is 2. The van der Waals surface area contributed by atoms with Gasteiger partial charge in [0.2, 0.25) is 0 Å². The van der Waals surface area contributed by atoms with Crippen molar-refractivity contribution in [3.63, 3.8) is 0 Å². The quantitative estimate of drug-likeness (QED) is 0.332. The first-order chi connectivity index (χ1) is 16.6. The summed E-state index contributed by atoms with van der Waals surface area (Å²) in [5, 5.41) is 15.7. The van der Waals surface area contributed by atoms with Crippen molar-refractivity contribution >= 4 is 38.7 Å². The smallest absolute Gasteiger partial charge is 0.264 e.